The number of esters is 1. The lowest BCUT2D eigenvalue weighted by molar-refractivity contribution is -0.142. The summed E-state index contributed by atoms with van der Waals surface area (Å²) in [7, 11) is 0. The quantitative estimate of drug-likeness (QED) is 0.654. The van der Waals surface area contributed by atoms with Crippen LogP contribution in [-0.2, 0) is 9.53 Å². The normalized spacial score (nSPS) is 15.7. The van der Waals surface area contributed by atoms with Gasteiger partial charge < -0.3 is 14.7 Å². The van der Waals surface area contributed by atoms with Gasteiger partial charge in [-0.2, -0.15) is 4.98 Å². The fourth-order valence-corrected chi connectivity index (χ4v) is 3.94. The van der Waals surface area contributed by atoms with Gasteiger partial charge in [-0.15, -0.1) is 11.3 Å². The molecule has 1 fully saturated rings. The molecular weight excluding hydrogens is 354 g/mol. The van der Waals surface area contributed by atoms with E-state index in [0.29, 0.717) is 47.5 Å². The predicted molar refractivity (Wildman–Crippen MR) is 91.0 cm³/mol. The summed E-state index contributed by atoms with van der Waals surface area (Å²) in [6, 6.07) is 0. The second-order valence-corrected chi connectivity index (χ2v) is 6.66. The Balaban J connectivity index is 1.99. The number of carbonyl (C=O) groups is 2. The van der Waals surface area contributed by atoms with Crippen LogP contribution < -0.4 is 4.90 Å². The Bertz CT molecular complexity index is 786. The highest BCUT2D eigenvalue weighted by molar-refractivity contribution is 7.17. The van der Waals surface area contributed by atoms with E-state index in [1.807, 2.05) is 4.90 Å². The Labute approximate surface area is 147 Å². The van der Waals surface area contributed by atoms with Crippen LogP contribution in [0.2, 0.25) is 5.28 Å². The van der Waals surface area contributed by atoms with Gasteiger partial charge in [0.15, 0.2) is 0 Å². The van der Waals surface area contributed by atoms with Crippen molar-refractivity contribution in [3.05, 3.63) is 16.2 Å². The molecule has 2 aromatic heterocycles. The van der Waals surface area contributed by atoms with Crippen molar-refractivity contribution in [2.75, 3.05) is 24.6 Å². The number of ether oxygens (including phenoxy) is 1. The molecule has 0 unspecified atom stereocenters. The third kappa shape index (κ3) is 3.16. The summed E-state index contributed by atoms with van der Waals surface area (Å²) >= 11 is 7.33. The second-order valence-electron chi connectivity index (χ2n) is 5.47. The van der Waals surface area contributed by atoms with Crippen molar-refractivity contribution in [1.29, 1.82) is 0 Å². The van der Waals surface area contributed by atoms with E-state index in [1.165, 1.54) is 11.3 Å². The van der Waals surface area contributed by atoms with Gasteiger partial charge in [0.1, 0.15) is 10.6 Å². The third-order valence-electron chi connectivity index (χ3n) is 4.03. The van der Waals surface area contributed by atoms with Gasteiger partial charge in [0.2, 0.25) is 5.28 Å². The van der Waals surface area contributed by atoms with Crippen molar-refractivity contribution in [2.45, 2.75) is 19.8 Å². The highest BCUT2D eigenvalue weighted by atomic mass is 35.5. The molecule has 0 saturated carbocycles. The molecule has 2 aromatic rings. The Kier molecular flexibility index (Phi) is 4.86. The average Bonchev–Trinajstić information content (AvgIpc) is 2.98. The predicted octanol–water partition coefficient (Wildman–Crippen LogP) is 2.82. The number of anilines is 1. The minimum atomic E-state index is -0.775. The topological polar surface area (TPSA) is 92.6 Å². The van der Waals surface area contributed by atoms with Crippen molar-refractivity contribution in [1.82, 2.24) is 9.97 Å². The molecule has 0 spiro atoms. The van der Waals surface area contributed by atoms with E-state index in [1.54, 1.807) is 12.3 Å². The maximum absolute atomic E-state index is 12.2. The number of thiophene rings is 1. The van der Waals surface area contributed by atoms with Crippen LogP contribution in [0.1, 0.15) is 30.1 Å². The number of nitrogens with zero attached hydrogens (tertiary/aromatic N) is 3. The summed E-state index contributed by atoms with van der Waals surface area (Å²) in [5.74, 6) is -0.973. The summed E-state index contributed by atoms with van der Waals surface area (Å²) in [5.41, 5.74) is 0.420. The van der Waals surface area contributed by atoms with Gasteiger partial charge in [-0.3, -0.25) is 4.79 Å². The van der Waals surface area contributed by atoms with Crippen LogP contribution in [-0.4, -0.2) is 46.7 Å². The number of carbonyl (C=O) groups excluding carboxylic acids is 1. The summed E-state index contributed by atoms with van der Waals surface area (Å²) < 4.78 is 5.10. The number of carboxylic acids is 1. The Morgan fingerprint density at radius 1 is 1.42 bits per heavy atom. The maximum Gasteiger partial charge on any atom is 0.339 e. The highest BCUT2D eigenvalue weighted by Crippen LogP contribution is 2.35. The van der Waals surface area contributed by atoms with Crippen LogP contribution in [0.15, 0.2) is 5.38 Å². The van der Waals surface area contributed by atoms with E-state index in [9.17, 15) is 9.59 Å². The minimum Gasteiger partial charge on any atom is -0.481 e. The van der Waals surface area contributed by atoms with Crippen LogP contribution in [0, 0.1) is 5.92 Å². The molecule has 0 atom stereocenters. The first-order valence-corrected chi connectivity index (χ1v) is 8.86. The summed E-state index contributed by atoms with van der Waals surface area (Å²) in [4.78, 5) is 34.4. The van der Waals surface area contributed by atoms with Gasteiger partial charge in [-0.25, -0.2) is 9.78 Å². The first-order chi connectivity index (χ1) is 11.5. The highest BCUT2D eigenvalue weighted by Gasteiger charge is 2.28. The van der Waals surface area contributed by atoms with Gasteiger partial charge in [-0.05, 0) is 31.4 Å². The monoisotopic (exact) mass is 369 g/mol. The molecule has 1 saturated heterocycles. The van der Waals surface area contributed by atoms with E-state index in [2.05, 4.69) is 9.97 Å². The van der Waals surface area contributed by atoms with E-state index < -0.39 is 11.9 Å². The zero-order valence-corrected chi connectivity index (χ0v) is 14.6. The summed E-state index contributed by atoms with van der Waals surface area (Å²) in [5, 5.41) is 11.6. The molecule has 24 heavy (non-hydrogen) atoms. The molecule has 0 bridgehead atoms. The van der Waals surface area contributed by atoms with Crippen molar-refractivity contribution in [2.24, 2.45) is 5.92 Å². The molecule has 9 heteroatoms. The van der Waals surface area contributed by atoms with Crippen molar-refractivity contribution in [3.8, 4) is 0 Å². The molecular formula is C15H16ClN3O4S. The zero-order valence-electron chi connectivity index (χ0n) is 13.0. The first kappa shape index (κ1) is 16.9. The first-order valence-electron chi connectivity index (χ1n) is 7.60. The van der Waals surface area contributed by atoms with Gasteiger partial charge in [0, 0.05) is 18.5 Å². The Hall–Kier alpha value is -1.93. The standard InChI is InChI=1S/C15H16ClN3O4S/c1-2-23-14(22)9-7-24-12-10(9)11(17-15(16)18-12)19-5-3-8(4-6-19)13(20)21/h7-8H,2-6H2,1H3,(H,20,21). The third-order valence-corrected chi connectivity index (χ3v) is 5.07. The fourth-order valence-electron chi connectivity index (χ4n) is 2.82. The molecule has 7 nitrogen and oxygen atoms in total. The molecule has 3 heterocycles. The zero-order chi connectivity index (χ0) is 17.3. The van der Waals surface area contributed by atoms with E-state index >= 15 is 0 Å². The van der Waals surface area contributed by atoms with Gasteiger partial charge in [0.25, 0.3) is 0 Å². The van der Waals surface area contributed by atoms with Crippen LogP contribution >= 0.6 is 22.9 Å². The number of hydrogen-bond donors (Lipinski definition) is 1. The number of aliphatic carboxylic acids is 1. The van der Waals surface area contributed by atoms with Crippen LogP contribution in [0.4, 0.5) is 5.82 Å². The number of hydrogen-bond acceptors (Lipinski definition) is 7. The second kappa shape index (κ2) is 6.90. The van der Waals surface area contributed by atoms with Crippen molar-refractivity contribution >= 4 is 50.9 Å². The molecule has 1 aliphatic rings. The van der Waals surface area contributed by atoms with Crippen LogP contribution in [0.25, 0.3) is 10.2 Å². The number of halogens is 1. The summed E-state index contributed by atoms with van der Waals surface area (Å²) in [6.45, 7) is 3.11. The van der Waals surface area contributed by atoms with Crippen LogP contribution in [0.3, 0.4) is 0 Å². The number of rotatable bonds is 4. The van der Waals surface area contributed by atoms with Crippen molar-refractivity contribution < 1.29 is 19.4 Å². The molecule has 1 N–H and O–H groups in total. The fraction of sp³-hybridized carbons (Fsp3) is 0.467. The number of carboxylic acid groups (broad SMARTS) is 1. The Morgan fingerprint density at radius 2 is 2.12 bits per heavy atom. The number of piperidine rings is 1. The molecule has 0 radical (unpaired) electrons. The van der Waals surface area contributed by atoms with Crippen molar-refractivity contribution in [3.63, 3.8) is 0 Å². The van der Waals surface area contributed by atoms with Gasteiger partial charge in [0.05, 0.1) is 23.5 Å². The van der Waals surface area contributed by atoms with E-state index in [0.717, 1.165) is 0 Å². The average molecular weight is 370 g/mol. The van der Waals surface area contributed by atoms with Gasteiger partial charge in [-0.1, -0.05) is 0 Å². The molecule has 1 aliphatic heterocycles. The van der Waals surface area contributed by atoms with E-state index in [-0.39, 0.29) is 17.8 Å². The molecule has 128 valence electrons. The lowest BCUT2D eigenvalue weighted by Crippen LogP contribution is -2.37. The lowest BCUT2D eigenvalue weighted by Gasteiger charge is -2.31. The number of aromatic nitrogens is 2. The smallest absolute Gasteiger partial charge is 0.339 e. The molecule has 0 aliphatic carbocycles. The molecule has 0 aromatic carbocycles. The molecule has 0 amide bonds. The summed E-state index contributed by atoms with van der Waals surface area (Å²) in [6.07, 6.45) is 1.05. The van der Waals surface area contributed by atoms with Crippen LogP contribution in [0.5, 0.6) is 0 Å². The SMILES string of the molecule is CCOC(=O)c1csc2nc(Cl)nc(N3CCC(C(=O)O)CC3)c12. The van der Waals surface area contributed by atoms with E-state index in [4.69, 9.17) is 21.4 Å². The number of fused-ring (bicyclic) bond motifs is 1. The minimum absolute atomic E-state index is 0.107. The molecule has 3 rings (SSSR count). The maximum atomic E-state index is 12.2. The Morgan fingerprint density at radius 3 is 2.75 bits per heavy atom. The van der Waals surface area contributed by atoms with Gasteiger partial charge >= 0.3 is 11.9 Å². The lowest BCUT2D eigenvalue weighted by atomic mass is 9.97. The largest absolute Gasteiger partial charge is 0.481 e.